The van der Waals surface area contributed by atoms with Crippen molar-refractivity contribution in [1.29, 1.82) is 0 Å². The summed E-state index contributed by atoms with van der Waals surface area (Å²) >= 11 is 0. The minimum absolute atomic E-state index is 0.0273. The lowest BCUT2D eigenvalue weighted by molar-refractivity contribution is 0.425. The van der Waals surface area contributed by atoms with Crippen molar-refractivity contribution >= 4 is 0 Å². The van der Waals surface area contributed by atoms with Crippen molar-refractivity contribution in [1.82, 2.24) is 0 Å². The average Bonchev–Trinajstić information content (AvgIpc) is 2.31. The standard InChI is InChI=1S/C13H10F2O2/c14-12-8(3-1-5-10(12)16)7-9-4-2-6-11(17)13(9)15/h1-6,16-17H,7H2. The topological polar surface area (TPSA) is 40.5 Å². The summed E-state index contributed by atoms with van der Waals surface area (Å²) in [7, 11) is 0. The van der Waals surface area contributed by atoms with Gasteiger partial charge < -0.3 is 10.2 Å². The lowest BCUT2D eigenvalue weighted by Gasteiger charge is -2.06. The van der Waals surface area contributed by atoms with Gasteiger partial charge in [-0.3, -0.25) is 0 Å². The highest BCUT2D eigenvalue weighted by atomic mass is 19.1. The number of phenols is 2. The summed E-state index contributed by atoms with van der Waals surface area (Å²) in [6, 6.07) is 8.31. The van der Waals surface area contributed by atoms with Gasteiger partial charge in [0.2, 0.25) is 0 Å². The zero-order chi connectivity index (χ0) is 12.4. The molecule has 0 aliphatic carbocycles. The first-order valence-electron chi connectivity index (χ1n) is 5.02. The molecule has 0 saturated heterocycles. The number of benzene rings is 2. The molecular weight excluding hydrogens is 226 g/mol. The first-order chi connectivity index (χ1) is 8.09. The van der Waals surface area contributed by atoms with Crippen molar-refractivity contribution in [3.05, 3.63) is 59.2 Å². The van der Waals surface area contributed by atoms with Gasteiger partial charge in [-0.25, -0.2) is 8.78 Å². The summed E-state index contributed by atoms with van der Waals surface area (Å²) < 4.78 is 27.0. The number of hydrogen-bond acceptors (Lipinski definition) is 2. The van der Waals surface area contributed by atoms with E-state index in [0.717, 1.165) is 0 Å². The van der Waals surface area contributed by atoms with Gasteiger partial charge in [-0.05, 0) is 23.3 Å². The zero-order valence-corrected chi connectivity index (χ0v) is 8.82. The first-order valence-corrected chi connectivity index (χ1v) is 5.02. The molecule has 88 valence electrons. The van der Waals surface area contributed by atoms with E-state index >= 15 is 0 Å². The average molecular weight is 236 g/mol. The van der Waals surface area contributed by atoms with E-state index in [9.17, 15) is 19.0 Å². The summed E-state index contributed by atoms with van der Waals surface area (Å²) in [4.78, 5) is 0. The summed E-state index contributed by atoms with van der Waals surface area (Å²) in [5.41, 5.74) is 0.351. The molecule has 2 rings (SSSR count). The molecule has 0 aliphatic rings. The second-order valence-corrected chi connectivity index (χ2v) is 3.68. The summed E-state index contributed by atoms with van der Waals surface area (Å²) in [6.45, 7) is 0. The third kappa shape index (κ3) is 2.20. The fourth-order valence-electron chi connectivity index (χ4n) is 1.61. The maximum absolute atomic E-state index is 13.5. The summed E-state index contributed by atoms with van der Waals surface area (Å²) in [5, 5.41) is 18.4. The van der Waals surface area contributed by atoms with E-state index < -0.39 is 23.1 Å². The number of aromatic hydroxyl groups is 2. The van der Waals surface area contributed by atoms with Crippen molar-refractivity contribution in [2.45, 2.75) is 6.42 Å². The van der Waals surface area contributed by atoms with Crippen LogP contribution in [0.2, 0.25) is 0 Å². The van der Waals surface area contributed by atoms with Crippen molar-refractivity contribution in [2.24, 2.45) is 0 Å². The summed E-state index contributed by atoms with van der Waals surface area (Å²) in [5.74, 6) is -2.48. The SMILES string of the molecule is Oc1cccc(Cc2cccc(O)c2F)c1F. The molecule has 0 aromatic heterocycles. The van der Waals surface area contributed by atoms with Crippen molar-refractivity contribution in [3.8, 4) is 11.5 Å². The molecule has 2 nitrogen and oxygen atoms in total. The zero-order valence-electron chi connectivity index (χ0n) is 8.82. The first kappa shape index (κ1) is 11.4. The van der Waals surface area contributed by atoms with Gasteiger partial charge in [-0.15, -0.1) is 0 Å². The van der Waals surface area contributed by atoms with E-state index in [0.29, 0.717) is 0 Å². The molecule has 2 aromatic carbocycles. The fourth-order valence-corrected chi connectivity index (χ4v) is 1.61. The Morgan fingerprint density at radius 3 is 1.59 bits per heavy atom. The molecule has 0 bridgehead atoms. The second kappa shape index (κ2) is 4.41. The van der Waals surface area contributed by atoms with Gasteiger partial charge in [0, 0.05) is 6.42 Å². The highest BCUT2D eigenvalue weighted by molar-refractivity contribution is 5.37. The van der Waals surface area contributed by atoms with Crippen molar-refractivity contribution in [3.63, 3.8) is 0 Å². The normalized spacial score (nSPS) is 10.5. The Morgan fingerprint density at radius 1 is 0.765 bits per heavy atom. The van der Waals surface area contributed by atoms with Crippen molar-refractivity contribution < 1.29 is 19.0 Å². The molecule has 0 atom stereocenters. The molecule has 0 unspecified atom stereocenters. The van der Waals surface area contributed by atoms with Crippen LogP contribution in [0.5, 0.6) is 11.5 Å². The van der Waals surface area contributed by atoms with E-state index in [2.05, 4.69) is 0 Å². The van der Waals surface area contributed by atoms with E-state index in [1.165, 1.54) is 36.4 Å². The van der Waals surface area contributed by atoms with Crippen LogP contribution < -0.4 is 0 Å². The van der Waals surface area contributed by atoms with Crippen LogP contribution >= 0.6 is 0 Å². The second-order valence-electron chi connectivity index (χ2n) is 3.68. The molecule has 17 heavy (non-hydrogen) atoms. The molecule has 2 aromatic rings. The largest absolute Gasteiger partial charge is 0.505 e. The highest BCUT2D eigenvalue weighted by Gasteiger charge is 2.12. The quantitative estimate of drug-likeness (QED) is 0.841. The molecular formula is C13H10F2O2. The predicted octanol–water partition coefficient (Wildman–Crippen LogP) is 2.97. The van der Waals surface area contributed by atoms with E-state index in [1.807, 2.05) is 0 Å². The van der Waals surface area contributed by atoms with E-state index in [4.69, 9.17) is 0 Å². The van der Waals surface area contributed by atoms with Crippen molar-refractivity contribution in [2.75, 3.05) is 0 Å². The van der Waals surface area contributed by atoms with Crippen LogP contribution in [0.25, 0.3) is 0 Å². The van der Waals surface area contributed by atoms with Crippen LogP contribution in [0.15, 0.2) is 36.4 Å². The molecule has 0 aliphatic heterocycles. The molecule has 0 spiro atoms. The van der Waals surface area contributed by atoms with Gasteiger partial charge in [0.05, 0.1) is 0 Å². The minimum atomic E-state index is -0.768. The molecule has 0 amide bonds. The van der Waals surface area contributed by atoms with Gasteiger partial charge in [0.1, 0.15) is 0 Å². The smallest absolute Gasteiger partial charge is 0.168 e. The third-order valence-corrected chi connectivity index (χ3v) is 2.50. The van der Waals surface area contributed by atoms with E-state index in [-0.39, 0.29) is 17.5 Å². The van der Waals surface area contributed by atoms with Crippen LogP contribution in [0.4, 0.5) is 8.78 Å². The van der Waals surface area contributed by atoms with Gasteiger partial charge in [-0.2, -0.15) is 0 Å². The van der Waals surface area contributed by atoms with Crippen LogP contribution in [0.3, 0.4) is 0 Å². The monoisotopic (exact) mass is 236 g/mol. The summed E-state index contributed by atoms with van der Waals surface area (Å²) in [6.07, 6.45) is -0.0273. The number of hydrogen-bond donors (Lipinski definition) is 2. The number of phenolic OH excluding ortho intramolecular Hbond substituents is 2. The Hall–Kier alpha value is -2.10. The Labute approximate surface area is 96.8 Å². The van der Waals surface area contributed by atoms with Gasteiger partial charge in [0.25, 0.3) is 0 Å². The Morgan fingerprint density at radius 2 is 1.18 bits per heavy atom. The van der Waals surface area contributed by atoms with E-state index in [1.54, 1.807) is 0 Å². The van der Waals surface area contributed by atoms with Crippen LogP contribution in [-0.4, -0.2) is 10.2 Å². The number of rotatable bonds is 2. The molecule has 0 heterocycles. The Kier molecular flexibility index (Phi) is 2.95. The lowest BCUT2D eigenvalue weighted by Crippen LogP contribution is -1.96. The van der Waals surface area contributed by atoms with Crippen LogP contribution in [0.1, 0.15) is 11.1 Å². The molecule has 2 N–H and O–H groups in total. The molecule has 0 saturated carbocycles. The van der Waals surface area contributed by atoms with Crippen LogP contribution in [-0.2, 0) is 6.42 Å². The Bertz CT molecular complexity index is 504. The Balaban J connectivity index is 2.38. The maximum atomic E-state index is 13.5. The lowest BCUT2D eigenvalue weighted by atomic mass is 10.0. The van der Waals surface area contributed by atoms with Gasteiger partial charge in [-0.1, -0.05) is 24.3 Å². The minimum Gasteiger partial charge on any atom is -0.505 e. The maximum Gasteiger partial charge on any atom is 0.168 e. The molecule has 0 fully saturated rings. The highest BCUT2D eigenvalue weighted by Crippen LogP contribution is 2.25. The number of halogens is 2. The molecule has 0 radical (unpaired) electrons. The van der Waals surface area contributed by atoms with Gasteiger partial charge >= 0.3 is 0 Å². The molecule has 4 heteroatoms. The fraction of sp³-hybridized carbons (Fsp3) is 0.0769. The van der Waals surface area contributed by atoms with Gasteiger partial charge in [0.15, 0.2) is 23.1 Å². The predicted molar refractivity (Wildman–Crippen MR) is 58.9 cm³/mol. The third-order valence-electron chi connectivity index (χ3n) is 2.50. The van der Waals surface area contributed by atoms with Crippen LogP contribution in [0, 0.1) is 11.6 Å².